The van der Waals surface area contributed by atoms with Gasteiger partial charge < -0.3 is 23.7 Å². The minimum atomic E-state index is -0.654. The van der Waals surface area contributed by atoms with Crippen molar-refractivity contribution < 1.29 is 28.5 Å². The van der Waals surface area contributed by atoms with Gasteiger partial charge in [0.1, 0.15) is 18.3 Å². The number of benzene rings is 1. The zero-order valence-corrected chi connectivity index (χ0v) is 15.0. The molecule has 3 unspecified atom stereocenters. The zero-order chi connectivity index (χ0) is 17.5. The molecular formula is C16H18Cl2O6. The highest BCUT2D eigenvalue weighted by Gasteiger charge is 2.48. The summed E-state index contributed by atoms with van der Waals surface area (Å²) < 4.78 is 27.5. The van der Waals surface area contributed by atoms with Crippen LogP contribution in [0, 0.1) is 0 Å². The molecule has 6 nitrogen and oxygen atoms in total. The maximum atomic E-state index is 12.3. The lowest BCUT2D eigenvalue weighted by Gasteiger charge is -2.20. The van der Waals surface area contributed by atoms with Crippen LogP contribution in [0.25, 0.3) is 0 Å². The summed E-state index contributed by atoms with van der Waals surface area (Å²) in [5.41, 5.74) is 0.0958. The van der Waals surface area contributed by atoms with E-state index < -0.39 is 18.0 Å². The van der Waals surface area contributed by atoms with E-state index in [9.17, 15) is 4.79 Å². The van der Waals surface area contributed by atoms with Crippen molar-refractivity contribution in [3.8, 4) is 5.75 Å². The van der Waals surface area contributed by atoms with E-state index in [0.717, 1.165) is 0 Å². The van der Waals surface area contributed by atoms with Gasteiger partial charge in [-0.05, 0) is 26.0 Å². The lowest BCUT2D eigenvalue weighted by molar-refractivity contribution is -0.207. The second kappa shape index (κ2) is 6.69. The smallest absolute Gasteiger partial charge is 0.343 e. The van der Waals surface area contributed by atoms with Gasteiger partial charge in [0.15, 0.2) is 17.8 Å². The first-order valence-corrected chi connectivity index (χ1v) is 8.26. The lowest BCUT2D eigenvalue weighted by Crippen LogP contribution is -2.27. The Labute approximate surface area is 149 Å². The van der Waals surface area contributed by atoms with Gasteiger partial charge in [-0.25, -0.2) is 4.79 Å². The third-order valence-electron chi connectivity index (χ3n) is 3.83. The van der Waals surface area contributed by atoms with Crippen LogP contribution < -0.4 is 4.74 Å². The van der Waals surface area contributed by atoms with Crippen LogP contribution in [0.5, 0.6) is 5.75 Å². The summed E-state index contributed by atoms with van der Waals surface area (Å²) in [6.45, 7) is 3.72. The average Bonchev–Trinajstić information content (AvgIpc) is 2.99. The molecule has 0 radical (unpaired) electrons. The Balaban J connectivity index is 1.61. The topological polar surface area (TPSA) is 63.2 Å². The molecule has 132 valence electrons. The van der Waals surface area contributed by atoms with Gasteiger partial charge in [-0.1, -0.05) is 23.2 Å². The molecule has 1 aromatic carbocycles. The predicted molar refractivity (Wildman–Crippen MR) is 86.6 cm³/mol. The van der Waals surface area contributed by atoms with Crippen LogP contribution in [0.2, 0.25) is 10.0 Å². The standard InChI is InChI=1S/C16H18Cl2O6/c1-16(2)23-11-6-8(22-15(11)24-16)7-21-14(19)12-9(17)4-5-10(18)13(12)20-3/h4-5,8,11,15H,6-7H2,1-3H3. The van der Waals surface area contributed by atoms with E-state index in [0.29, 0.717) is 6.42 Å². The van der Waals surface area contributed by atoms with E-state index in [4.69, 9.17) is 46.9 Å². The molecule has 0 N–H and O–H groups in total. The van der Waals surface area contributed by atoms with Gasteiger partial charge >= 0.3 is 5.97 Å². The van der Waals surface area contributed by atoms with Crippen molar-refractivity contribution in [1.29, 1.82) is 0 Å². The maximum Gasteiger partial charge on any atom is 0.343 e. The molecule has 8 heteroatoms. The Morgan fingerprint density at radius 2 is 2.00 bits per heavy atom. The number of methoxy groups -OCH3 is 1. The van der Waals surface area contributed by atoms with Gasteiger partial charge in [0.05, 0.1) is 23.3 Å². The summed E-state index contributed by atoms with van der Waals surface area (Å²) in [6, 6.07) is 3.07. The molecule has 0 aliphatic carbocycles. The number of rotatable bonds is 4. The first-order valence-electron chi connectivity index (χ1n) is 7.51. The maximum absolute atomic E-state index is 12.3. The molecule has 0 spiro atoms. The largest absolute Gasteiger partial charge is 0.494 e. The molecule has 0 aromatic heterocycles. The molecule has 2 heterocycles. The minimum absolute atomic E-state index is 0.0605. The third-order valence-corrected chi connectivity index (χ3v) is 4.44. The number of esters is 1. The van der Waals surface area contributed by atoms with Crippen LogP contribution in [0.1, 0.15) is 30.6 Å². The average molecular weight is 377 g/mol. The fourth-order valence-corrected chi connectivity index (χ4v) is 3.31. The fourth-order valence-electron chi connectivity index (χ4n) is 2.85. The normalized spacial score (nSPS) is 27.8. The summed E-state index contributed by atoms with van der Waals surface area (Å²) in [5.74, 6) is -1.09. The summed E-state index contributed by atoms with van der Waals surface area (Å²) in [4.78, 5) is 12.3. The summed E-state index contributed by atoms with van der Waals surface area (Å²) in [6.07, 6.45) is -0.313. The third kappa shape index (κ3) is 3.48. The molecule has 0 bridgehead atoms. The van der Waals surface area contributed by atoms with Crippen molar-refractivity contribution in [3.05, 3.63) is 27.7 Å². The van der Waals surface area contributed by atoms with Gasteiger partial charge in [-0.15, -0.1) is 0 Å². The molecule has 24 heavy (non-hydrogen) atoms. The van der Waals surface area contributed by atoms with E-state index in [1.807, 2.05) is 13.8 Å². The SMILES string of the molecule is COc1c(Cl)ccc(Cl)c1C(=O)OCC1CC2OC(C)(C)OC2O1. The molecule has 3 rings (SSSR count). The quantitative estimate of drug-likeness (QED) is 0.750. The Hall–Kier alpha value is -1.05. The van der Waals surface area contributed by atoms with Gasteiger partial charge in [0.2, 0.25) is 0 Å². The first kappa shape index (κ1) is 17.8. The molecule has 2 saturated heterocycles. The van der Waals surface area contributed by atoms with Crippen LogP contribution in [0.15, 0.2) is 12.1 Å². The molecular weight excluding hydrogens is 359 g/mol. The first-order chi connectivity index (χ1) is 11.3. The Morgan fingerprint density at radius 3 is 2.67 bits per heavy atom. The van der Waals surface area contributed by atoms with E-state index in [-0.39, 0.29) is 40.2 Å². The highest BCUT2D eigenvalue weighted by Crippen LogP contribution is 2.38. The Kier molecular flexibility index (Phi) is 4.95. The van der Waals surface area contributed by atoms with Crippen LogP contribution in [-0.2, 0) is 18.9 Å². The van der Waals surface area contributed by atoms with Gasteiger partial charge in [-0.2, -0.15) is 0 Å². The number of hydrogen-bond acceptors (Lipinski definition) is 6. The number of hydrogen-bond donors (Lipinski definition) is 0. The minimum Gasteiger partial charge on any atom is -0.494 e. The molecule has 2 fully saturated rings. The van der Waals surface area contributed by atoms with Crippen molar-refractivity contribution in [3.63, 3.8) is 0 Å². The van der Waals surface area contributed by atoms with Crippen LogP contribution in [0.4, 0.5) is 0 Å². The molecule has 0 amide bonds. The van der Waals surface area contributed by atoms with E-state index >= 15 is 0 Å². The van der Waals surface area contributed by atoms with Crippen LogP contribution >= 0.6 is 23.2 Å². The lowest BCUT2D eigenvalue weighted by atomic mass is 10.2. The van der Waals surface area contributed by atoms with Gasteiger partial charge in [0.25, 0.3) is 0 Å². The second-order valence-corrected chi connectivity index (χ2v) is 6.89. The van der Waals surface area contributed by atoms with Crippen molar-refractivity contribution in [2.24, 2.45) is 0 Å². The van der Waals surface area contributed by atoms with E-state index in [2.05, 4.69) is 0 Å². The molecule has 2 aliphatic heterocycles. The van der Waals surface area contributed by atoms with Gasteiger partial charge in [-0.3, -0.25) is 0 Å². The van der Waals surface area contributed by atoms with E-state index in [1.54, 1.807) is 6.07 Å². The van der Waals surface area contributed by atoms with Crippen LogP contribution in [-0.4, -0.2) is 44.0 Å². The summed E-state index contributed by atoms with van der Waals surface area (Å²) in [5, 5.41) is 0.489. The monoisotopic (exact) mass is 376 g/mol. The number of fused-ring (bicyclic) bond motifs is 1. The summed E-state index contributed by atoms with van der Waals surface area (Å²) >= 11 is 12.1. The van der Waals surface area contributed by atoms with Crippen molar-refractivity contribution in [2.45, 2.75) is 44.6 Å². The summed E-state index contributed by atoms with van der Waals surface area (Å²) in [7, 11) is 1.41. The van der Waals surface area contributed by atoms with Crippen LogP contribution in [0.3, 0.4) is 0 Å². The van der Waals surface area contributed by atoms with Gasteiger partial charge in [0, 0.05) is 6.42 Å². The highest BCUT2D eigenvalue weighted by molar-refractivity contribution is 6.37. The number of carbonyl (C=O) groups excluding carboxylic acids is 1. The van der Waals surface area contributed by atoms with E-state index in [1.165, 1.54) is 13.2 Å². The Morgan fingerprint density at radius 1 is 1.29 bits per heavy atom. The fraction of sp³-hybridized carbons (Fsp3) is 0.562. The molecule has 1 aromatic rings. The zero-order valence-electron chi connectivity index (χ0n) is 13.5. The second-order valence-electron chi connectivity index (χ2n) is 6.07. The number of halogens is 2. The molecule has 2 aliphatic rings. The molecule has 3 atom stereocenters. The predicted octanol–water partition coefficient (Wildman–Crippen LogP) is 3.43. The van der Waals surface area contributed by atoms with Crippen molar-refractivity contribution in [1.82, 2.24) is 0 Å². The number of ether oxygens (including phenoxy) is 5. The highest BCUT2D eigenvalue weighted by atomic mass is 35.5. The Bertz CT molecular complexity index is 632. The molecule has 0 saturated carbocycles. The van der Waals surface area contributed by atoms with Crippen molar-refractivity contribution in [2.75, 3.05) is 13.7 Å². The van der Waals surface area contributed by atoms with Crippen molar-refractivity contribution >= 4 is 29.2 Å². The number of carbonyl (C=O) groups is 1.